The van der Waals surface area contributed by atoms with E-state index in [1.165, 1.54) is 16.5 Å². The van der Waals surface area contributed by atoms with Crippen LogP contribution in [0.15, 0.2) is 54.7 Å². The molecule has 28 heavy (non-hydrogen) atoms. The normalized spacial score (nSPS) is 11.1. The van der Waals surface area contributed by atoms with Crippen LogP contribution in [-0.2, 0) is 17.9 Å². The molecule has 5 nitrogen and oxygen atoms in total. The van der Waals surface area contributed by atoms with Crippen LogP contribution in [0.25, 0.3) is 22.2 Å². The summed E-state index contributed by atoms with van der Waals surface area (Å²) < 4.78 is 1.70. The Morgan fingerprint density at radius 3 is 2.61 bits per heavy atom. The molecular formula is C23H24N4O. The largest absolute Gasteiger partial charge is 0.354 e. The van der Waals surface area contributed by atoms with Crippen LogP contribution in [0, 0.1) is 20.8 Å². The van der Waals surface area contributed by atoms with Gasteiger partial charge in [-0.3, -0.25) is 9.48 Å². The zero-order valence-electron chi connectivity index (χ0n) is 16.4. The van der Waals surface area contributed by atoms with Gasteiger partial charge in [-0.15, -0.1) is 0 Å². The number of nitrogens with zero attached hydrogens (tertiary/aromatic N) is 2. The maximum absolute atomic E-state index is 12.4. The first-order valence-electron chi connectivity index (χ1n) is 9.45. The van der Waals surface area contributed by atoms with E-state index in [1.807, 2.05) is 31.2 Å². The van der Waals surface area contributed by atoms with Crippen LogP contribution in [0.2, 0.25) is 0 Å². The molecule has 0 aliphatic carbocycles. The van der Waals surface area contributed by atoms with E-state index in [4.69, 9.17) is 0 Å². The predicted molar refractivity (Wildman–Crippen MR) is 112 cm³/mol. The lowest BCUT2D eigenvalue weighted by atomic mass is 10.0. The van der Waals surface area contributed by atoms with E-state index < -0.39 is 0 Å². The summed E-state index contributed by atoms with van der Waals surface area (Å²) in [6.07, 6.45) is 1.71. The molecule has 5 heteroatoms. The minimum absolute atomic E-state index is 0.0481. The van der Waals surface area contributed by atoms with Gasteiger partial charge in [-0.2, -0.15) is 5.10 Å². The van der Waals surface area contributed by atoms with E-state index in [2.05, 4.69) is 53.5 Å². The van der Waals surface area contributed by atoms with E-state index >= 15 is 0 Å². The van der Waals surface area contributed by atoms with Crippen LogP contribution in [0.3, 0.4) is 0 Å². The molecule has 0 aliphatic heterocycles. The summed E-state index contributed by atoms with van der Waals surface area (Å²) in [5.74, 6) is -0.0481. The molecule has 0 atom stereocenters. The highest BCUT2D eigenvalue weighted by Gasteiger charge is 2.14. The Bertz CT molecular complexity index is 1140. The van der Waals surface area contributed by atoms with E-state index in [0.717, 1.165) is 28.0 Å². The van der Waals surface area contributed by atoms with Crippen molar-refractivity contribution in [2.45, 2.75) is 33.9 Å². The molecule has 0 aliphatic rings. The minimum atomic E-state index is -0.0481. The molecule has 2 aromatic heterocycles. The van der Waals surface area contributed by atoms with Crippen LogP contribution in [0.1, 0.15) is 22.4 Å². The lowest BCUT2D eigenvalue weighted by Crippen LogP contribution is -2.28. The van der Waals surface area contributed by atoms with Gasteiger partial charge in [-0.05, 0) is 49.6 Å². The second kappa shape index (κ2) is 7.35. The van der Waals surface area contributed by atoms with Crippen molar-refractivity contribution < 1.29 is 4.79 Å². The van der Waals surface area contributed by atoms with Crippen molar-refractivity contribution in [1.82, 2.24) is 20.1 Å². The van der Waals surface area contributed by atoms with Gasteiger partial charge in [-0.1, -0.05) is 42.0 Å². The second-order valence-corrected chi connectivity index (χ2v) is 7.24. The lowest BCUT2D eigenvalue weighted by Gasteiger charge is -2.09. The highest BCUT2D eigenvalue weighted by atomic mass is 16.2. The molecule has 0 radical (unpaired) electrons. The highest BCUT2D eigenvalue weighted by Crippen LogP contribution is 2.32. The summed E-state index contributed by atoms with van der Waals surface area (Å²) in [5, 5.41) is 8.41. The number of aromatic amines is 1. The number of aryl methyl sites for hydroxylation is 3. The van der Waals surface area contributed by atoms with E-state index in [9.17, 15) is 4.79 Å². The third kappa shape index (κ3) is 3.43. The standard InChI is InChI=1S/C23H24N4O/c1-15-11-19(13-24-21(28)14-27-16(2)9-10-25-27)23-20(12-15)17(3)22(26-23)18-7-5-4-6-8-18/h4-12,26H,13-14H2,1-3H3,(H,24,28). The summed E-state index contributed by atoms with van der Waals surface area (Å²) in [7, 11) is 0. The lowest BCUT2D eigenvalue weighted by molar-refractivity contribution is -0.122. The monoisotopic (exact) mass is 372 g/mol. The van der Waals surface area contributed by atoms with Crippen molar-refractivity contribution in [1.29, 1.82) is 0 Å². The summed E-state index contributed by atoms with van der Waals surface area (Å²) >= 11 is 0. The van der Waals surface area contributed by atoms with E-state index in [1.54, 1.807) is 10.9 Å². The predicted octanol–water partition coefficient (Wildman–Crippen LogP) is 4.27. The Kier molecular flexibility index (Phi) is 4.74. The number of hydrogen-bond acceptors (Lipinski definition) is 2. The molecule has 2 N–H and O–H groups in total. The van der Waals surface area contributed by atoms with Crippen LogP contribution >= 0.6 is 0 Å². The molecule has 0 unspecified atom stereocenters. The SMILES string of the molecule is Cc1cc(CNC(=O)Cn2nccc2C)c2[nH]c(-c3ccccc3)c(C)c2c1. The number of rotatable bonds is 5. The quantitative estimate of drug-likeness (QED) is 0.549. The van der Waals surface area contributed by atoms with Crippen molar-refractivity contribution in [2.75, 3.05) is 0 Å². The molecular weight excluding hydrogens is 348 g/mol. The summed E-state index contributed by atoms with van der Waals surface area (Å²) in [4.78, 5) is 16.0. The number of nitrogens with one attached hydrogen (secondary N) is 2. The molecule has 1 amide bonds. The number of H-pyrrole nitrogens is 1. The molecule has 0 bridgehead atoms. The van der Waals surface area contributed by atoms with Gasteiger partial charge in [0.2, 0.25) is 5.91 Å². The summed E-state index contributed by atoms with van der Waals surface area (Å²) in [6, 6.07) is 16.6. The molecule has 0 saturated carbocycles. The maximum atomic E-state index is 12.4. The van der Waals surface area contributed by atoms with Crippen LogP contribution in [0.4, 0.5) is 0 Å². The van der Waals surface area contributed by atoms with Crippen molar-refractivity contribution in [3.63, 3.8) is 0 Å². The van der Waals surface area contributed by atoms with Crippen molar-refractivity contribution in [3.8, 4) is 11.3 Å². The fraction of sp³-hybridized carbons (Fsp3) is 0.217. The molecule has 2 heterocycles. The van der Waals surface area contributed by atoms with Gasteiger partial charge in [0.05, 0.1) is 5.52 Å². The van der Waals surface area contributed by atoms with E-state index in [0.29, 0.717) is 6.54 Å². The van der Waals surface area contributed by atoms with Crippen LogP contribution in [-0.4, -0.2) is 20.7 Å². The smallest absolute Gasteiger partial charge is 0.242 e. The average Bonchev–Trinajstić information content (AvgIpc) is 3.24. The minimum Gasteiger partial charge on any atom is -0.354 e. The number of benzene rings is 2. The second-order valence-electron chi connectivity index (χ2n) is 7.24. The number of amides is 1. The number of carbonyl (C=O) groups is 1. The first kappa shape index (κ1) is 18.0. The Hall–Kier alpha value is -3.34. The average molecular weight is 372 g/mol. The van der Waals surface area contributed by atoms with Gasteiger partial charge in [-0.25, -0.2) is 0 Å². The summed E-state index contributed by atoms with van der Waals surface area (Å²) in [5.41, 5.74) is 7.84. The highest BCUT2D eigenvalue weighted by molar-refractivity contribution is 5.93. The molecule has 4 aromatic rings. The van der Waals surface area contributed by atoms with Gasteiger partial charge in [0.25, 0.3) is 0 Å². The molecule has 4 rings (SSSR count). The third-order valence-electron chi connectivity index (χ3n) is 5.15. The first-order valence-corrected chi connectivity index (χ1v) is 9.45. The zero-order valence-corrected chi connectivity index (χ0v) is 16.4. The Morgan fingerprint density at radius 1 is 1.11 bits per heavy atom. The van der Waals surface area contributed by atoms with E-state index in [-0.39, 0.29) is 12.5 Å². The molecule has 2 aromatic carbocycles. The third-order valence-corrected chi connectivity index (χ3v) is 5.15. The number of fused-ring (bicyclic) bond motifs is 1. The molecule has 0 fully saturated rings. The van der Waals surface area contributed by atoms with Gasteiger partial charge < -0.3 is 10.3 Å². The molecule has 0 saturated heterocycles. The van der Waals surface area contributed by atoms with Crippen LogP contribution < -0.4 is 5.32 Å². The van der Waals surface area contributed by atoms with Gasteiger partial charge in [0.1, 0.15) is 6.54 Å². The van der Waals surface area contributed by atoms with Gasteiger partial charge in [0.15, 0.2) is 0 Å². The first-order chi connectivity index (χ1) is 13.5. The Balaban J connectivity index is 1.62. The fourth-order valence-electron chi connectivity index (χ4n) is 3.64. The zero-order chi connectivity index (χ0) is 19.7. The number of carbonyl (C=O) groups excluding carboxylic acids is 1. The topological polar surface area (TPSA) is 62.7 Å². The van der Waals surface area contributed by atoms with Gasteiger partial charge >= 0.3 is 0 Å². The van der Waals surface area contributed by atoms with Gasteiger partial charge in [0, 0.05) is 29.5 Å². The Morgan fingerprint density at radius 2 is 1.89 bits per heavy atom. The maximum Gasteiger partial charge on any atom is 0.242 e. The van der Waals surface area contributed by atoms with Crippen molar-refractivity contribution >= 4 is 16.8 Å². The van der Waals surface area contributed by atoms with Crippen molar-refractivity contribution in [2.24, 2.45) is 0 Å². The van der Waals surface area contributed by atoms with Crippen molar-refractivity contribution in [3.05, 3.63) is 77.1 Å². The molecule has 0 spiro atoms. The molecule has 142 valence electrons. The summed E-state index contributed by atoms with van der Waals surface area (Å²) in [6.45, 7) is 6.88. The Labute approximate surface area is 164 Å². The van der Waals surface area contributed by atoms with Crippen LogP contribution in [0.5, 0.6) is 0 Å². The number of hydrogen-bond donors (Lipinski definition) is 2. The number of aromatic nitrogens is 3. The fourth-order valence-corrected chi connectivity index (χ4v) is 3.64.